The monoisotopic (exact) mass is 462 g/mol. The molecular formula is C28H34N2O4. The second kappa shape index (κ2) is 10.8. The van der Waals surface area contributed by atoms with E-state index in [1.54, 1.807) is 6.92 Å². The maximum atomic E-state index is 12.4. The minimum Gasteiger partial charge on any atom is -0.493 e. The smallest absolute Gasteiger partial charge is 0.305 e. The number of carbonyl (C=O) groups is 2. The lowest BCUT2D eigenvalue weighted by Crippen LogP contribution is -2.25. The van der Waals surface area contributed by atoms with Crippen molar-refractivity contribution in [3.05, 3.63) is 64.8 Å². The van der Waals surface area contributed by atoms with Crippen LogP contribution in [0.5, 0.6) is 5.75 Å². The van der Waals surface area contributed by atoms with Crippen LogP contribution in [0.15, 0.2) is 42.5 Å². The summed E-state index contributed by atoms with van der Waals surface area (Å²) in [6.07, 6.45) is 4.41. The van der Waals surface area contributed by atoms with E-state index in [-0.39, 0.29) is 17.8 Å². The van der Waals surface area contributed by atoms with E-state index in [0.717, 1.165) is 60.0 Å². The Bertz CT molecular complexity index is 1170. The summed E-state index contributed by atoms with van der Waals surface area (Å²) in [4.78, 5) is 24.0. The largest absolute Gasteiger partial charge is 0.493 e. The van der Waals surface area contributed by atoms with Crippen LogP contribution in [0.25, 0.3) is 10.9 Å². The van der Waals surface area contributed by atoms with Gasteiger partial charge in [0.05, 0.1) is 19.1 Å². The van der Waals surface area contributed by atoms with Crippen molar-refractivity contribution in [3.63, 3.8) is 0 Å². The van der Waals surface area contributed by atoms with Gasteiger partial charge in [-0.05, 0) is 67.9 Å². The van der Waals surface area contributed by atoms with E-state index < -0.39 is 0 Å². The Balaban J connectivity index is 1.73. The first kappa shape index (κ1) is 23.9. The van der Waals surface area contributed by atoms with Gasteiger partial charge in [-0.15, -0.1) is 0 Å². The Morgan fingerprint density at radius 3 is 2.65 bits per heavy atom. The predicted molar refractivity (Wildman–Crippen MR) is 133 cm³/mol. The average molecular weight is 463 g/mol. The van der Waals surface area contributed by atoms with Gasteiger partial charge in [0.25, 0.3) is 0 Å². The summed E-state index contributed by atoms with van der Waals surface area (Å²) in [5.74, 6) is 0.0598. The standard InChI is InChI=1S/C28H34N2O4/c1-3-20-16-24-22(17-25(20)34-15-9-14-26(31)33-4-2)27-21(28(29)32)12-8-13-23(27)30(24)18-19-10-6-5-7-11-19/h5-7,10-11,16-17,21H,3-4,8-9,12-15,18H2,1-2H3,(H2,29,32)/t21-/m0/s1. The van der Waals surface area contributed by atoms with Crippen molar-refractivity contribution in [3.8, 4) is 5.75 Å². The lowest BCUT2D eigenvalue weighted by Gasteiger charge is -2.22. The summed E-state index contributed by atoms with van der Waals surface area (Å²) in [6.45, 7) is 5.50. The fourth-order valence-electron chi connectivity index (χ4n) is 5.05. The second-order valence-corrected chi connectivity index (χ2v) is 8.87. The maximum Gasteiger partial charge on any atom is 0.305 e. The molecule has 180 valence electrons. The van der Waals surface area contributed by atoms with Gasteiger partial charge in [-0.3, -0.25) is 9.59 Å². The molecule has 1 aliphatic carbocycles. The van der Waals surface area contributed by atoms with Gasteiger partial charge in [0.2, 0.25) is 5.91 Å². The third kappa shape index (κ3) is 4.96. The van der Waals surface area contributed by atoms with Crippen molar-refractivity contribution in [2.24, 2.45) is 5.73 Å². The Kier molecular flexibility index (Phi) is 7.56. The number of rotatable bonds is 10. The van der Waals surface area contributed by atoms with Crippen LogP contribution in [-0.2, 0) is 33.7 Å². The SMILES string of the molecule is CCOC(=O)CCCOc1cc2c3c(n(Cc4ccccc4)c2cc1CC)CCC[C@@H]3C(N)=O. The van der Waals surface area contributed by atoms with Crippen molar-refractivity contribution in [1.82, 2.24) is 4.57 Å². The van der Waals surface area contributed by atoms with Crippen LogP contribution in [0.2, 0.25) is 0 Å². The first-order chi connectivity index (χ1) is 16.5. The van der Waals surface area contributed by atoms with Crippen LogP contribution in [-0.4, -0.2) is 29.7 Å². The summed E-state index contributed by atoms with van der Waals surface area (Å²) >= 11 is 0. The second-order valence-electron chi connectivity index (χ2n) is 8.87. The van der Waals surface area contributed by atoms with E-state index in [1.807, 2.05) is 6.07 Å². The number of nitrogens with zero attached hydrogens (tertiary/aromatic N) is 1. The average Bonchev–Trinajstić information content (AvgIpc) is 3.14. The van der Waals surface area contributed by atoms with Crippen molar-refractivity contribution in [2.75, 3.05) is 13.2 Å². The molecule has 3 aromatic rings. The number of ether oxygens (including phenoxy) is 2. The lowest BCUT2D eigenvalue weighted by molar-refractivity contribution is -0.143. The fraction of sp³-hybridized carbons (Fsp3) is 0.429. The van der Waals surface area contributed by atoms with Crippen LogP contribution in [0, 0.1) is 0 Å². The van der Waals surface area contributed by atoms with Gasteiger partial charge in [-0.2, -0.15) is 0 Å². The number of nitrogens with two attached hydrogens (primary N) is 1. The predicted octanol–water partition coefficient (Wildman–Crippen LogP) is 4.88. The van der Waals surface area contributed by atoms with Gasteiger partial charge < -0.3 is 19.8 Å². The Morgan fingerprint density at radius 1 is 1.15 bits per heavy atom. The van der Waals surface area contributed by atoms with Crippen molar-refractivity contribution in [2.45, 2.75) is 64.8 Å². The van der Waals surface area contributed by atoms with E-state index >= 15 is 0 Å². The van der Waals surface area contributed by atoms with E-state index in [0.29, 0.717) is 26.1 Å². The number of primary amides is 1. The summed E-state index contributed by atoms with van der Waals surface area (Å²) in [5, 5.41) is 1.05. The number of hydrogen-bond acceptors (Lipinski definition) is 4. The fourth-order valence-corrected chi connectivity index (χ4v) is 5.05. The zero-order valence-corrected chi connectivity index (χ0v) is 20.1. The van der Waals surface area contributed by atoms with Crippen LogP contribution >= 0.6 is 0 Å². The summed E-state index contributed by atoms with van der Waals surface area (Å²) in [7, 11) is 0. The molecule has 2 aromatic carbocycles. The number of fused-ring (bicyclic) bond motifs is 3. The third-order valence-corrected chi connectivity index (χ3v) is 6.65. The number of benzene rings is 2. The Morgan fingerprint density at radius 2 is 1.94 bits per heavy atom. The van der Waals surface area contributed by atoms with Crippen molar-refractivity contribution in [1.29, 1.82) is 0 Å². The molecule has 6 heteroatoms. The first-order valence-electron chi connectivity index (χ1n) is 12.3. The molecule has 0 bridgehead atoms. The highest BCUT2D eigenvalue weighted by molar-refractivity contribution is 5.94. The third-order valence-electron chi connectivity index (χ3n) is 6.65. The molecule has 1 atom stereocenters. The zero-order chi connectivity index (χ0) is 24.1. The number of aromatic nitrogens is 1. The highest BCUT2D eigenvalue weighted by Crippen LogP contribution is 2.42. The molecule has 0 spiro atoms. The summed E-state index contributed by atoms with van der Waals surface area (Å²) in [5.41, 5.74) is 11.6. The quantitative estimate of drug-likeness (QED) is 0.344. The first-order valence-corrected chi connectivity index (χ1v) is 12.3. The number of esters is 1. The summed E-state index contributed by atoms with van der Waals surface area (Å²) < 4.78 is 13.5. The highest BCUT2D eigenvalue weighted by Gasteiger charge is 2.31. The zero-order valence-electron chi connectivity index (χ0n) is 20.1. The van der Waals surface area contributed by atoms with Gasteiger partial charge in [0, 0.05) is 29.6 Å². The Hall–Kier alpha value is -3.28. The van der Waals surface area contributed by atoms with Crippen molar-refractivity contribution >= 4 is 22.8 Å². The van der Waals surface area contributed by atoms with Gasteiger partial charge in [-0.1, -0.05) is 37.3 Å². The number of carbonyl (C=O) groups excluding carboxylic acids is 2. The molecule has 0 saturated carbocycles. The molecule has 6 nitrogen and oxygen atoms in total. The van der Waals surface area contributed by atoms with Crippen LogP contribution in [0.1, 0.15) is 67.8 Å². The van der Waals surface area contributed by atoms with Crippen LogP contribution < -0.4 is 10.5 Å². The molecule has 1 aliphatic rings. The van der Waals surface area contributed by atoms with E-state index in [9.17, 15) is 9.59 Å². The van der Waals surface area contributed by atoms with Gasteiger partial charge >= 0.3 is 5.97 Å². The van der Waals surface area contributed by atoms with E-state index in [2.05, 4.69) is 47.9 Å². The minimum absolute atomic E-state index is 0.200. The molecule has 0 aliphatic heterocycles. The molecule has 1 amide bonds. The highest BCUT2D eigenvalue weighted by atomic mass is 16.5. The number of hydrogen-bond donors (Lipinski definition) is 1. The van der Waals surface area contributed by atoms with Crippen molar-refractivity contribution < 1.29 is 19.1 Å². The molecule has 0 saturated heterocycles. The molecule has 4 rings (SSSR count). The molecule has 2 N–H and O–H groups in total. The molecular weight excluding hydrogens is 428 g/mol. The van der Waals surface area contributed by atoms with Gasteiger partial charge in [0.15, 0.2) is 0 Å². The van der Waals surface area contributed by atoms with E-state index in [4.69, 9.17) is 15.2 Å². The van der Waals surface area contributed by atoms with Crippen LogP contribution in [0.4, 0.5) is 0 Å². The molecule has 0 fully saturated rings. The van der Waals surface area contributed by atoms with Crippen LogP contribution in [0.3, 0.4) is 0 Å². The normalized spacial score (nSPS) is 15.2. The topological polar surface area (TPSA) is 83.6 Å². The molecule has 1 aromatic heterocycles. The molecule has 1 heterocycles. The molecule has 0 unspecified atom stereocenters. The Labute approximate surface area is 201 Å². The maximum absolute atomic E-state index is 12.4. The van der Waals surface area contributed by atoms with Gasteiger partial charge in [-0.25, -0.2) is 0 Å². The van der Waals surface area contributed by atoms with E-state index in [1.165, 1.54) is 11.3 Å². The molecule has 34 heavy (non-hydrogen) atoms. The molecule has 0 radical (unpaired) electrons. The number of amides is 1. The minimum atomic E-state index is -0.285. The number of aryl methyl sites for hydroxylation is 1. The lowest BCUT2D eigenvalue weighted by atomic mass is 9.84. The summed E-state index contributed by atoms with van der Waals surface area (Å²) in [6, 6.07) is 14.7. The van der Waals surface area contributed by atoms with Gasteiger partial charge in [0.1, 0.15) is 5.75 Å².